The summed E-state index contributed by atoms with van der Waals surface area (Å²) in [5, 5.41) is 8.00. The van der Waals surface area contributed by atoms with Gasteiger partial charge in [0.25, 0.3) is 0 Å². The van der Waals surface area contributed by atoms with E-state index in [0.717, 1.165) is 73.5 Å². The highest BCUT2D eigenvalue weighted by Crippen LogP contribution is 2.31. The fourth-order valence-electron chi connectivity index (χ4n) is 4.65. The molecular formula is C26H32FN5O2S. The molecule has 7 nitrogen and oxygen atoms in total. The Kier molecular flexibility index (Phi) is 7.15. The van der Waals surface area contributed by atoms with Crippen LogP contribution in [0.3, 0.4) is 0 Å². The Bertz CT molecular complexity index is 1260. The Balaban J connectivity index is 1.11. The SMILES string of the molecule is O=S(=O)(NC[C@H]1CC[C@H](CNc2nc(NCC3CC3)c3ccccc3n2)CC1)c1ccc(F)cc1. The van der Waals surface area contributed by atoms with E-state index in [-0.39, 0.29) is 4.90 Å². The van der Waals surface area contributed by atoms with Crippen molar-refractivity contribution in [2.75, 3.05) is 30.3 Å². The lowest BCUT2D eigenvalue weighted by molar-refractivity contribution is 0.284. The maximum absolute atomic E-state index is 13.1. The van der Waals surface area contributed by atoms with Crippen LogP contribution in [-0.2, 0) is 10.0 Å². The normalized spacial score (nSPS) is 20.6. The van der Waals surface area contributed by atoms with Crippen LogP contribution in [-0.4, -0.2) is 38.0 Å². The first kappa shape index (κ1) is 23.9. The van der Waals surface area contributed by atoms with Crippen LogP contribution in [0.5, 0.6) is 0 Å². The van der Waals surface area contributed by atoms with Crippen molar-refractivity contribution in [2.45, 2.75) is 43.4 Å². The summed E-state index contributed by atoms with van der Waals surface area (Å²) in [5.74, 6) is 2.65. The second-order valence-electron chi connectivity index (χ2n) is 9.81. The van der Waals surface area contributed by atoms with Gasteiger partial charge in [0, 0.05) is 25.0 Å². The minimum absolute atomic E-state index is 0.0955. The van der Waals surface area contributed by atoms with Gasteiger partial charge in [0.2, 0.25) is 16.0 Å². The van der Waals surface area contributed by atoms with Crippen LogP contribution >= 0.6 is 0 Å². The molecule has 3 N–H and O–H groups in total. The molecule has 9 heteroatoms. The van der Waals surface area contributed by atoms with Crippen LogP contribution in [0.15, 0.2) is 53.4 Å². The highest BCUT2D eigenvalue weighted by molar-refractivity contribution is 7.89. The summed E-state index contributed by atoms with van der Waals surface area (Å²) >= 11 is 0. The molecule has 2 aromatic carbocycles. The van der Waals surface area contributed by atoms with Crippen molar-refractivity contribution in [2.24, 2.45) is 17.8 Å². The molecule has 0 saturated heterocycles. The molecule has 0 aliphatic heterocycles. The summed E-state index contributed by atoms with van der Waals surface area (Å²) in [6, 6.07) is 13.0. The largest absolute Gasteiger partial charge is 0.369 e. The summed E-state index contributed by atoms with van der Waals surface area (Å²) in [5.41, 5.74) is 0.931. The zero-order chi connectivity index (χ0) is 24.3. The van der Waals surface area contributed by atoms with Gasteiger partial charge in [-0.2, -0.15) is 4.98 Å². The minimum Gasteiger partial charge on any atom is -0.369 e. The van der Waals surface area contributed by atoms with E-state index in [4.69, 9.17) is 9.97 Å². The zero-order valence-corrected chi connectivity index (χ0v) is 20.5. The third-order valence-corrected chi connectivity index (χ3v) is 8.50. The van der Waals surface area contributed by atoms with E-state index in [1.807, 2.05) is 18.2 Å². The molecule has 1 aromatic heterocycles. The molecular weight excluding hydrogens is 465 g/mol. The van der Waals surface area contributed by atoms with Crippen LogP contribution in [0, 0.1) is 23.6 Å². The van der Waals surface area contributed by atoms with Gasteiger partial charge < -0.3 is 10.6 Å². The molecule has 0 amide bonds. The maximum atomic E-state index is 13.1. The van der Waals surface area contributed by atoms with Gasteiger partial charge in [0.15, 0.2) is 0 Å². The number of sulfonamides is 1. The van der Waals surface area contributed by atoms with Gasteiger partial charge in [-0.15, -0.1) is 0 Å². The van der Waals surface area contributed by atoms with Crippen molar-refractivity contribution in [3.63, 3.8) is 0 Å². The van der Waals surface area contributed by atoms with Crippen molar-refractivity contribution >= 4 is 32.7 Å². The summed E-state index contributed by atoms with van der Waals surface area (Å²) in [6.07, 6.45) is 6.55. The van der Waals surface area contributed by atoms with Crippen molar-refractivity contribution in [3.05, 3.63) is 54.3 Å². The van der Waals surface area contributed by atoms with Gasteiger partial charge in [0.1, 0.15) is 11.6 Å². The average molecular weight is 498 g/mol. The van der Waals surface area contributed by atoms with E-state index in [2.05, 4.69) is 21.4 Å². The molecule has 2 fully saturated rings. The summed E-state index contributed by atoms with van der Waals surface area (Å²) in [6.45, 7) is 2.16. The van der Waals surface area contributed by atoms with Crippen molar-refractivity contribution in [1.29, 1.82) is 0 Å². The van der Waals surface area contributed by atoms with Crippen LogP contribution in [0.2, 0.25) is 0 Å². The number of halogens is 1. The quantitative estimate of drug-likeness (QED) is 0.373. The smallest absolute Gasteiger partial charge is 0.240 e. The molecule has 2 aliphatic rings. The molecule has 0 bridgehead atoms. The molecule has 0 radical (unpaired) electrons. The minimum atomic E-state index is -3.62. The molecule has 186 valence electrons. The van der Waals surface area contributed by atoms with Crippen LogP contribution in [0.4, 0.5) is 16.2 Å². The monoisotopic (exact) mass is 497 g/mol. The summed E-state index contributed by atoms with van der Waals surface area (Å²) in [4.78, 5) is 9.56. The lowest BCUT2D eigenvalue weighted by atomic mass is 9.82. The Labute approximate surface area is 206 Å². The Morgan fingerprint density at radius 3 is 2.06 bits per heavy atom. The van der Waals surface area contributed by atoms with Gasteiger partial charge in [-0.25, -0.2) is 22.5 Å². The molecule has 3 aromatic rings. The number of aromatic nitrogens is 2. The number of nitrogens with zero attached hydrogens (tertiary/aromatic N) is 2. The summed E-state index contributed by atoms with van der Waals surface area (Å²) in [7, 11) is -3.62. The predicted octanol–water partition coefficient (Wildman–Crippen LogP) is 4.79. The first-order valence-electron chi connectivity index (χ1n) is 12.5. The fourth-order valence-corrected chi connectivity index (χ4v) is 5.77. The van der Waals surface area contributed by atoms with E-state index >= 15 is 0 Å². The number of para-hydroxylation sites is 1. The van der Waals surface area contributed by atoms with E-state index in [9.17, 15) is 12.8 Å². The predicted molar refractivity (Wildman–Crippen MR) is 136 cm³/mol. The number of nitrogens with one attached hydrogen (secondary N) is 3. The van der Waals surface area contributed by atoms with Gasteiger partial charge in [-0.1, -0.05) is 12.1 Å². The molecule has 0 unspecified atom stereocenters. The highest BCUT2D eigenvalue weighted by atomic mass is 32.2. The van der Waals surface area contributed by atoms with E-state index in [1.54, 1.807) is 0 Å². The molecule has 5 rings (SSSR count). The Morgan fingerprint density at radius 1 is 0.771 bits per heavy atom. The topological polar surface area (TPSA) is 96.0 Å². The molecule has 2 saturated carbocycles. The van der Waals surface area contributed by atoms with E-state index in [1.165, 1.54) is 25.0 Å². The highest BCUT2D eigenvalue weighted by Gasteiger charge is 2.24. The van der Waals surface area contributed by atoms with Crippen molar-refractivity contribution in [1.82, 2.24) is 14.7 Å². The van der Waals surface area contributed by atoms with Crippen molar-refractivity contribution in [3.8, 4) is 0 Å². The number of benzene rings is 2. The lowest BCUT2D eigenvalue weighted by Gasteiger charge is -2.28. The number of anilines is 2. The van der Waals surface area contributed by atoms with Crippen LogP contribution in [0.1, 0.15) is 38.5 Å². The Morgan fingerprint density at radius 2 is 1.37 bits per heavy atom. The number of rotatable bonds is 10. The first-order valence-corrected chi connectivity index (χ1v) is 13.9. The second kappa shape index (κ2) is 10.5. The summed E-state index contributed by atoms with van der Waals surface area (Å²) < 4.78 is 40.7. The van der Waals surface area contributed by atoms with Gasteiger partial charge in [-0.3, -0.25) is 0 Å². The maximum Gasteiger partial charge on any atom is 0.240 e. The third-order valence-electron chi connectivity index (χ3n) is 7.06. The van der Waals surface area contributed by atoms with Crippen molar-refractivity contribution < 1.29 is 12.8 Å². The standard InChI is InChI=1S/C26H32FN5O2S/c27-21-11-13-22(14-12-21)35(33,34)30-17-20-9-7-19(8-10-20)16-29-26-31-24-4-2-1-3-23(24)25(32-26)28-15-18-5-6-18/h1-4,11-14,18-20,30H,5-10,15-17H2,(H2,28,29,31,32)/t19-,20-. The van der Waals surface area contributed by atoms with Gasteiger partial charge >= 0.3 is 0 Å². The van der Waals surface area contributed by atoms with E-state index < -0.39 is 15.8 Å². The molecule has 0 atom stereocenters. The number of fused-ring (bicyclic) bond motifs is 1. The zero-order valence-electron chi connectivity index (χ0n) is 19.7. The molecule has 0 spiro atoms. The second-order valence-corrected chi connectivity index (χ2v) is 11.6. The lowest BCUT2D eigenvalue weighted by Crippen LogP contribution is -2.32. The first-order chi connectivity index (χ1) is 17.0. The van der Waals surface area contributed by atoms with E-state index in [0.29, 0.717) is 24.3 Å². The van der Waals surface area contributed by atoms with Gasteiger partial charge in [0.05, 0.1) is 10.4 Å². The van der Waals surface area contributed by atoms with Crippen LogP contribution in [0.25, 0.3) is 10.9 Å². The fraction of sp³-hybridized carbons (Fsp3) is 0.462. The number of hydrogen-bond acceptors (Lipinski definition) is 6. The third kappa shape index (κ3) is 6.27. The molecule has 35 heavy (non-hydrogen) atoms. The number of hydrogen-bond donors (Lipinski definition) is 3. The molecule has 2 aliphatic carbocycles. The molecule has 1 heterocycles. The van der Waals surface area contributed by atoms with Crippen LogP contribution < -0.4 is 15.4 Å². The van der Waals surface area contributed by atoms with Gasteiger partial charge in [-0.05, 0) is 92.7 Å². The Hall–Kier alpha value is -2.78. The average Bonchev–Trinajstić information content (AvgIpc) is 3.70.